The molecule has 0 saturated carbocycles. The molecule has 1 aromatic rings. The second-order valence-corrected chi connectivity index (χ2v) is 5.69. The van der Waals surface area contributed by atoms with E-state index in [1.807, 2.05) is 19.2 Å². The molecule has 0 atom stereocenters. The van der Waals surface area contributed by atoms with Crippen molar-refractivity contribution in [1.82, 2.24) is 10.2 Å². The van der Waals surface area contributed by atoms with E-state index in [0.717, 1.165) is 18.4 Å². The summed E-state index contributed by atoms with van der Waals surface area (Å²) < 4.78 is 0. The first-order chi connectivity index (χ1) is 10.6. The van der Waals surface area contributed by atoms with E-state index in [1.165, 1.54) is 19.3 Å². The Balaban J connectivity index is 2.38. The van der Waals surface area contributed by atoms with Gasteiger partial charge in [0.05, 0.1) is 0 Å². The van der Waals surface area contributed by atoms with E-state index >= 15 is 0 Å². The number of nitrogens with zero attached hydrogens (tertiary/aromatic N) is 1. The van der Waals surface area contributed by atoms with Gasteiger partial charge in [-0.1, -0.05) is 44.7 Å². The lowest BCUT2D eigenvalue weighted by molar-refractivity contribution is -0.130. The molecule has 1 N–H and O–H groups in total. The van der Waals surface area contributed by atoms with Crippen LogP contribution in [-0.2, 0) is 11.3 Å². The van der Waals surface area contributed by atoms with Crippen LogP contribution in [0.5, 0.6) is 0 Å². The second-order valence-electron chi connectivity index (χ2n) is 5.69. The highest BCUT2D eigenvalue weighted by Crippen LogP contribution is 2.10. The maximum absolute atomic E-state index is 12.1. The van der Waals surface area contributed by atoms with Crippen molar-refractivity contribution in [3.05, 3.63) is 35.4 Å². The average Bonchev–Trinajstić information content (AvgIpc) is 2.54. The molecule has 22 heavy (non-hydrogen) atoms. The van der Waals surface area contributed by atoms with Crippen LogP contribution in [-0.4, -0.2) is 30.8 Å². The van der Waals surface area contributed by atoms with Crippen molar-refractivity contribution in [3.8, 4) is 0 Å². The van der Waals surface area contributed by atoms with E-state index in [-0.39, 0.29) is 11.8 Å². The van der Waals surface area contributed by atoms with Crippen LogP contribution in [0.4, 0.5) is 0 Å². The van der Waals surface area contributed by atoms with Gasteiger partial charge in [0.15, 0.2) is 0 Å². The molecule has 4 nitrogen and oxygen atoms in total. The van der Waals surface area contributed by atoms with Gasteiger partial charge in [-0.25, -0.2) is 0 Å². The Morgan fingerprint density at radius 2 is 1.68 bits per heavy atom. The summed E-state index contributed by atoms with van der Waals surface area (Å²) in [7, 11) is 3.45. The molecular formula is C18H28N2O2. The Morgan fingerprint density at radius 1 is 1.05 bits per heavy atom. The normalized spacial score (nSPS) is 10.3. The molecule has 4 heteroatoms. The maximum atomic E-state index is 12.1. The smallest absolute Gasteiger partial charge is 0.251 e. The Kier molecular flexibility index (Phi) is 8.26. The van der Waals surface area contributed by atoms with Gasteiger partial charge in [0.1, 0.15) is 0 Å². The molecule has 0 unspecified atom stereocenters. The molecule has 0 heterocycles. The lowest BCUT2D eigenvalue weighted by Crippen LogP contribution is -2.26. The lowest BCUT2D eigenvalue weighted by atomic mass is 10.1. The molecule has 0 saturated heterocycles. The molecule has 0 aromatic heterocycles. The molecule has 0 bridgehead atoms. The molecule has 0 aliphatic heterocycles. The zero-order valence-electron chi connectivity index (χ0n) is 14.0. The number of rotatable bonds is 9. The monoisotopic (exact) mass is 304 g/mol. The van der Waals surface area contributed by atoms with Crippen LogP contribution >= 0.6 is 0 Å². The SMILES string of the molecule is CCCCCCCC(=O)N(C)Cc1ccc(C(=O)NC)cc1. The highest BCUT2D eigenvalue weighted by Gasteiger charge is 2.09. The van der Waals surface area contributed by atoms with Crippen LogP contribution in [0, 0.1) is 0 Å². The molecule has 1 rings (SSSR count). The first-order valence-electron chi connectivity index (χ1n) is 8.13. The van der Waals surface area contributed by atoms with Crippen LogP contribution < -0.4 is 5.32 Å². The van der Waals surface area contributed by atoms with E-state index < -0.39 is 0 Å². The van der Waals surface area contributed by atoms with Crippen molar-refractivity contribution in [2.45, 2.75) is 52.0 Å². The fourth-order valence-electron chi connectivity index (χ4n) is 2.34. The zero-order valence-corrected chi connectivity index (χ0v) is 14.0. The maximum Gasteiger partial charge on any atom is 0.251 e. The number of unbranched alkanes of at least 4 members (excludes halogenated alkanes) is 4. The Labute approximate surface area is 133 Å². The fraction of sp³-hybridized carbons (Fsp3) is 0.556. The average molecular weight is 304 g/mol. The molecule has 0 spiro atoms. The van der Waals surface area contributed by atoms with Crippen molar-refractivity contribution in [3.63, 3.8) is 0 Å². The molecule has 122 valence electrons. The third-order valence-electron chi connectivity index (χ3n) is 3.78. The van der Waals surface area contributed by atoms with Gasteiger partial charge in [0, 0.05) is 32.6 Å². The first kappa shape index (κ1) is 18.2. The number of benzene rings is 1. The minimum atomic E-state index is -0.0944. The van der Waals surface area contributed by atoms with Crippen LogP contribution in [0.15, 0.2) is 24.3 Å². The van der Waals surface area contributed by atoms with E-state index in [4.69, 9.17) is 0 Å². The first-order valence-corrected chi connectivity index (χ1v) is 8.13. The largest absolute Gasteiger partial charge is 0.355 e. The number of nitrogens with one attached hydrogen (secondary N) is 1. The van der Waals surface area contributed by atoms with Crippen LogP contribution in [0.1, 0.15) is 61.4 Å². The Morgan fingerprint density at radius 3 is 2.27 bits per heavy atom. The van der Waals surface area contributed by atoms with Gasteiger partial charge >= 0.3 is 0 Å². The molecular weight excluding hydrogens is 276 g/mol. The van der Waals surface area contributed by atoms with Gasteiger partial charge in [-0.15, -0.1) is 0 Å². The van der Waals surface area contributed by atoms with Gasteiger partial charge < -0.3 is 10.2 Å². The van der Waals surface area contributed by atoms with Gasteiger partial charge in [-0.2, -0.15) is 0 Å². The molecule has 0 aliphatic carbocycles. The van der Waals surface area contributed by atoms with Crippen molar-refractivity contribution < 1.29 is 9.59 Å². The van der Waals surface area contributed by atoms with Gasteiger partial charge in [0.2, 0.25) is 5.91 Å². The highest BCUT2D eigenvalue weighted by molar-refractivity contribution is 5.93. The second kappa shape index (κ2) is 9.98. The summed E-state index contributed by atoms with van der Waals surface area (Å²) in [5.74, 6) is 0.0925. The number of hydrogen-bond donors (Lipinski definition) is 1. The zero-order chi connectivity index (χ0) is 16.4. The minimum Gasteiger partial charge on any atom is -0.355 e. The number of hydrogen-bond acceptors (Lipinski definition) is 2. The predicted molar refractivity (Wildman–Crippen MR) is 89.7 cm³/mol. The molecule has 2 amide bonds. The molecule has 0 radical (unpaired) electrons. The number of carbonyl (C=O) groups is 2. The van der Waals surface area contributed by atoms with Gasteiger partial charge in [-0.05, 0) is 24.1 Å². The summed E-state index contributed by atoms with van der Waals surface area (Å²) >= 11 is 0. The summed E-state index contributed by atoms with van der Waals surface area (Å²) in [6, 6.07) is 7.37. The van der Waals surface area contributed by atoms with Crippen LogP contribution in [0.25, 0.3) is 0 Å². The van der Waals surface area contributed by atoms with Gasteiger partial charge in [0.25, 0.3) is 5.91 Å². The number of amides is 2. The van der Waals surface area contributed by atoms with E-state index in [1.54, 1.807) is 24.1 Å². The third kappa shape index (κ3) is 6.29. The minimum absolute atomic E-state index is 0.0944. The summed E-state index contributed by atoms with van der Waals surface area (Å²) in [5.41, 5.74) is 1.67. The van der Waals surface area contributed by atoms with Crippen molar-refractivity contribution in [2.75, 3.05) is 14.1 Å². The van der Waals surface area contributed by atoms with E-state index in [9.17, 15) is 9.59 Å². The summed E-state index contributed by atoms with van der Waals surface area (Å²) in [6.45, 7) is 2.77. The summed E-state index contributed by atoms with van der Waals surface area (Å²) in [5, 5.41) is 2.59. The highest BCUT2D eigenvalue weighted by atomic mass is 16.2. The molecule has 0 aliphatic rings. The predicted octanol–water partition coefficient (Wildman–Crippen LogP) is 3.37. The van der Waals surface area contributed by atoms with Crippen molar-refractivity contribution in [2.24, 2.45) is 0 Å². The molecule has 1 aromatic carbocycles. The quantitative estimate of drug-likeness (QED) is 0.711. The Bertz CT molecular complexity index is 468. The van der Waals surface area contributed by atoms with Crippen LogP contribution in [0.2, 0.25) is 0 Å². The van der Waals surface area contributed by atoms with E-state index in [0.29, 0.717) is 18.5 Å². The van der Waals surface area contributed by atoms with Crippen LogP contribution in [0.3, 0.4) is 0 Å². The standard InChI is InChI=1S/C18H28N2O2/c1-4-5-6-7-8-9-17(21)20(3)14-15-10-12-16(13-11-15)18(22)19-2/h10-13H,4-9,14H2,1-3H3,(H,19,22). The molecule has 0 fully saturated rings. The Hall–Kier alpha value is -1.84. The number of carbonyl (C=O) groups excluding carboxylic acids is 2. The summed E-state index contributed by atoms with van der Waals surface area (Å²) in [4.78, 5) is 25.3. The van der Waals surface area contributed by atoms with E-state index in [2.05, 4.69) is 12.2 Å². The van der Waals surface area contributed by atoms with Crippen molar-refractivity contribution in [1.29, 1.82) is 0 Å². The van der Waals surface area contributed by atoms with Crippen molar-refractivity contribution >= 4 is 11.8 Å². The van der Waals surface area contributed by atoms with Gasteiger partial charge in [-0.3, -0.25) is 9.59 Å². The third-order valence-corrected chi connectivity index (χ3v) is 3.78. The summed E-state index contributed by atoms with van der Waals surface area (Å²) in [6.07, 6.45) is 6.42. The fourth-order valence-corrected chi connectivity index (χ4v) is 2.34. The lowest BCUT2D eigenvalue weighted by Gasteiger charge is -2.17. The topological polar surface area (TPSA) is 49.4 Å².